The highest BCUT2D eigenvalue weighted by Crippen LogP contribution is 2.10. The first-order valence-corrected chi connectivity index (χ1v) is 5.56. The number of rotatable bonds is 6. The van der Waals surface area contributed by atoms with E-state index in [0.717, 1.165) is 6.54 Å². The molecule has 0 saturated carbocycles. The number of unbranched alkanes of at least 4 members (excludes halogenated alkanes) is 2. The minimum absolute atomic E-state index is 1.11. The van der Waals surface area contributed by atoms with Gasteiger partial charge in [-0.05, 0) is 12.8 Å². The van der Waals surface area contributed by atoms with Crippen LogP contribution >= 0.6 is 0 Å². The zero-order valence-corrected chi connectivity index (χ0v) is 9.00. The van der Waals surface area contributed by atoms with Crippen molar-refractivity contribution in [1.82, 2.24) is 10.0 Å². The van der Waals surface area contributed by atoms with E-state index in [9.17, 15) is 0 Å². The van der Waals surface area contributed by atoms with Crippen LogP contribution < -0.4 is 0 Å². The molecule has 1 aliphatic rings. The van der Waals surface area contributed by atoms with E-state index in [-0.39, 0.29) is 0 Å². The van der Waals surface area contributed by atoms with Gasteiger partial charge < -0.3 is 5.01 Å². The van der Waals surface area contributed by atoms with Crippen LogP contribution in [0.25, 0.3) is 0 Å². The Kier molecular flexibility index (Phi) is 4.91. The Morgan fingerprint density at radius 2 is 1.92 bits per heavy atom. The summed E-state index contributed by atoms with van der Waals surface area (Å²) in [5.74, 6) is 0. The Morgan fingerprint density at radius 3 is 2.62 bits per heavy atom. The molecule has 2 heteroatoms. The molecular weight excluding hydrogens is 160 g/mol. The van der Waals surface area contributed by atoms with Gasteiger partial charge in [0.2, 0.25) is 0 Å². The SMILES string of the molecule is CCCCCN1C=CCN1CCC. The van der Waals surface area contributed by atoms with E-state index in [1.165, 1.54) is 38.8 Å². The number of hydrogen-bond donors (Lipinski definition) is 0. The molecule has 1 heterocycles. The van der Waals surface area contributed by atoms with Crippen molar-refractivity contribution in [2.75, 3.05) is 19.6 Å². The van der Waals surface area contributed by atoms with E-state index in [2.05, 4.69) is 36.1 Å². The quantitative estimate of drug-likeness (QED) is 0.583. The molecule has 0 aromatic carbocycles. The second kappa shape index (κ2) is 6.03. The third-order valence-corrected chi connectivity index (χ3v) is 2.43. The molecule has 0 aromatic rings. The van der Waals surface area contributed by atoms with Gasteiger partial charge in [-0.15, -0.1) is 0 Å². The smallest absolute Gasteiger partial charge is 0.0379 e. The highest BCUT2D eigenvalue weighted by Gasteiger charge is 2.13. The van der Waals surface area contributed by atoms with E-state index >= 15 is 0 Å². The molecule has 0 N–H and O–H groups in total. The Balaban J connectivity index is 2.18. The van der Waals surface area contributed by atoms with Gasteiger partial charge in [0.25, 0.3) is 0 Å². The molecule has 0 aromatic heterocycles. The Bertz CT molecular complexity index is 154. The van der Waals surface area contributed by atoms with Gasteiger partial charge in [0.05, 0.1) is 0 Å². The van der Waals surface area contributed by atoms with E-state index in [1.807, 2.05) is 0 Å². The fourth-order valence-electron chi connectivity index (χ4n) is 1.71. The van der Waals surface area contributed by atoms with Gasteiger partial charge in [0, 0.05) is 25.8 Å². The standard InChI is InChI=1S/C11H22N2/c1-3-5-6-9-13-11-7-10-12(13)8-4-2/h7,11H,3-6,8-10H2,1-2H3. The molecule has 13 heavy (non-hydrogen) atoms. The van der Waals surface area contributed by atoms with Gasteiger partial charge in [-0.25, -0.2) is 5.01 Å². The first-order valence-electron chi connectivity index (χ1n) is 5.56. The first-order chi connectivity index (χ1) is 6.38. The monoisotopic (exact) mass is 182 g/mol. The normalized spacial score (nSPS) is 17.2. The minimum atomic E-state index is 1.11. The maximum Gasteiger partial charge on any atom is 0.0379 e. The van der Waals surface area contributed by atoms with Crippen LogP contribution in [0.1, 0.15) is 39.5 Å². The topological polar surface area (TPSA) is 6.48 Å². The lowest BCUT2D eigenvalue weighted by atomic mass is 10.2. The van der Waals surface area contributed by atoms with Gasteiger partial charge in [-0.2, -0.15) is 0 Å². The van der Waals surface area contributed by atoms with Crippen LogP contribution in [-0.4, -0.2) is 29.7 Å². The van der Waals surface area contributed by atoms with Gasteiger partial charge in [-0.1, -0.05) is 32.8 Å². The summed E-state index contributed by atoms with van der Waals surface area (Å²) in [6.45, 7) is 8.00. The van der Waals surface area contributed by atoms with E-state index in [1.54, 1.807) is 0 Å². The lowest BCUT2D eigenvalue weighted by Gasteiger charge is -2.28. The van der Waals surface area contributed by atoms with Crippen molar-refractivity contribution in [2.45, 2.75) is 39.5 Å². The zero-order chi connectivity index (χ0) is 9.52. The first kappa shape index (κ1) is 10.6. The van der Waals surface area contributed by atoms with Crippen LogP contribution in [0.3, 0.4) is 0 Å². The summed E-state index contributed by atoms with van der Waals surface area (Å²) in [4.78, 5) is 0. The van der Waals surface area contributed by atoms with Crippen LogP contribution in [0.15, 0.2) is 12.3 Å². The van der Waals surface area contributed by atoms with Crippen molar-refractivity contribution >= 4 is 0 Å². The van der Waals surface area contributed by atoms with Gasteiger partial charge in [0.15, 0.2) is 0 Å². The molecule has 1 aliphatic heterocycles. The predicted octanol–water partition coefficient (Wildman–Crippen LogP) is 2.63. The summed E-state index contributed by atoms with van der Waals surface area (Å²) >= 11 is 0. The van der Waals surface area contributed by atoms with Crippen LogP contribution in [0.5, 0.6) is 0 Å². The fraction of sp³-hybridized carbons (Fsp3) is 0.818. The number of hydrazine groups is 1. The van der Waals surface area contributed by atoms with Crippen LogP contribution in [0.2, 0.25) is 0 Å². The van der Waals surface area contributed by atoms with E-state index < -0.39 is 0 Å². The van der Waals surface area contributed by atoms with Gasteiger partial charge in [-0.3, -0.25) is 0 Å². The third-order valence-electron chi connectivity index (χ3n) is 2.43. The molecule has 0 saturated heterocycles. The lowest BCUT2D eigenvalue weighted by Crippen LogP contribution is -2.36. The average Bonchev–Trinajstić information content (AvgIpc) is 2.54. The average molecular weight is 182 g/mol. The number of nitrogens with zero attached hydrogens (tertiary/aromatic N) is 2. The Hall–Kier alpha value is -0.500. The van der Waals surface area contributed by atoms with Crippen LogP contribution in [0.4, 0.5) is 0 Å². The summed E-state index contributed by atoms with van der Waals surface area (Å²) in [6.07, 6.45) is 9.70. The molecule has 0 spiro atoms. The summed E-state index contributed by atoms with van der Waals surface area (Å²) in [6, 6.07) is 0. The van der Waals surface area contributed by atoms with E-state index in [0.29, 0.717) is 0 Å². The van der Waals surface area contributed by atoms with Crippen molar-refractivity contribution < 1.29 is 0 Å². The summed E-state index contributed by atoms with van der Waals surface area (Å²) in [5, 5.41) is 4.80. The van der Waals surface area contributed by atoms with Crippen molar-refractivity contribution in [3.63, 3.8) is 0 Å². The molecule has 0 bridgehead atoms. The largest absolute Gasteiger partial charge is 0.313 e. The predicted molar refractivity (Wildman–Crippen MR) is 57.2 cm³/mol. The molecule has 0 fully saturated rings. The van der Waals surface area contributed by atoms with Crippen LogP contribution in [-0.2, 0) is 0 Å². The molecule has 0 radical (unpaired) electrons. The van der Waals surface area contributed by atoms with Crippen LogP contribution in [0, 0.1) is 0 Å². The second-order valence-electron chi connectivity index (χ2n) is 3.67. The molecule has 0 aliphatic carbocycles. The van der Waals surface area contributed by atoms with Gasteiger partial charge >= 0.3 is 0 Å². The van der Waals surface area contributed by atoms with Crippen molar-refractivity contribution in [1.29, 1.82) is 0 Å². The molecule has 1 rings (SSSR count). The third kappa shape index (κ3) is 3.39. The zero-order valence-electron chi connectivity index (χ0n) is 9.00. The summed E-state index contributed by atoms with van der Waals surface area (Å²) in [7, 11) is 0. The molecule has 76 valence electrons. The molecule has 0 unspecified atom stereocenters. The highest BCUT2D eigenvalue weighted by atomic mass is 15.6. The molecule has 0 atom stereocenters. The van der Waals surface area contributed by atoms with Crippen molar-refractivity contribution in [2.24, 2.45) is 0 Å². The molecule has 2 nitrogen and oxygen atoms in total. The maximum absolute atomic E-state index is 2.43. The summed E-state index contributed by atoms with van der Waals surface area (Å²) < 4.78 is 0. The summed E-state index contributed by atoms with van der Waals surface area (Å²) in [5.41, 5.74) is 0. The highest BCUT2D eigenvalue weighted by molar-refractivity contribution is 4.91. The lowest BCUT2D eigenvalue weighted by molar-refractivity contribution is 0.0505. The Labute approximate surface area is 82.2 Å². The molecular formula is C11H22N2. The Morgan fingerprint density at radius 1 is 1.08 bits per heavy atom. The number of hydrogen-bond acceptors (Lipinski definition) is 2. The minimum Gasteiger partial charge on any atom is -0.313 e. The fourth-order valence-corrected chi connectivity index (χ4v) is 1.71. The van der Waals surface area contributed by atoms with E-state index in [4.69, 9.17) is 0 Å². The van der Waals surface area contributed by atoms with Crippen molar-refractivity contribution in [3.8, 4) is 0 Å². The second-order valence-corrected chi connectivity index (χ2v) is 3.67. The maximum atomic E-state index is 2.43. The van der Waals surface area contributed by atoms with Gasteiger partial charge in [0.1, 0.15) is 0 Å². The molecule has 0 amide bonds. The van der Waals surface area contributed by atoms with Crippen molar-refractivity contribution in [3.05, 3.63) is 12.3 Å².